The molecule has 170 valence electrons. The largest absolute Gasteiger partial charge is 0.494 e. The van der Waals surface area contributed by atoms with Gasteiger partial charge in [0.15, 0.2) is 0 Å². The lowest BCUT2D eigenvalue weighted by Crippen LogP contribution is -2.37. The Balaban J connectivity index is 1.56. The predicted octanol–water partition coefficient (Wildman–Crippen LogP) is 2.25. The first-order valence-electron chi connectivity index (χ1n) is 10.4. The fourth-order valence-electron chi connectivity index (χ4n) is 3.45. The summed E-state index contributed by atoms with van der Waals surface area (Å²) >= 11 is 0. The molecule has 0 unspecified atom stereocenters. The van der Waals surface area contributed by atoms with E-state index in [0.717, 1.165) is 16.9 Å². The summed E-state index contributed by atoms with van der Waals surface area (Å²) in [5.41, 5.74) is 6.87. The summed E-state index contributed by atoms with van der Waals surface area (Å²) in [4.78, 5) is 33.2. The Morgan fingerprint density at radius 1 is 1.12 bits per heavy atom. The molecule has 0 aliphatic rings. The van der Waals surface area contributed by atoms with Crippen molar-refractivity contribution in [3.63, 3.8) is 0 Å². The van der Waals surface area contributed by atoms with Crippen LogP contribution in [0.2, 0.25) is 0 Å². The van der Waals surface area contributed by atoms with Crippen LogP contribution in [0.3, 0.4) is 0 Å². The van der Waals surface area contributed by atoms with Crippen LogP contribution in [-0.2, 0) is 13.1 Å². The van der Waals surface area contributed by atoms with Gasteiger partial charge in [0, 0.05) is 12.6 Å². The van der Waals surface area contributed by atoms with Crippen molar-refractivity contribution < 1.29 is 9.26 Å². The highest BCUT2D eigenvalue weighted by Crippen LogP contribution is 2.22. The number of rotatable bonds is 8. The van der Waals surface area contributed by atoms with Crippen LogP contribution in [-0.4, -0.2) is 33.3 Å². The minimum absolute atomic E-state index is 0.0568. The van der Waals surface area contributed by atoms with Crippen LogP contribution in [0.4, 0.5) is 11.5 Å². The molecule has 0 bridgehead atoms. The summed E-state index contributed by atoms with van der Waals surface area (Å²) in [6.07, 6.45) is 0. The Morgan fingerprint density at radius 3 is 2.55 bits per heavy atom. The SMILES string of the molecule is CCOc1ccc(-c2noc(CN(C)c3c(N)n(Cc4ccccc4)c(=O)[nH]c3=O)n2)cc1. The number of benzene rings is 2. The van der Waals surface area contributed by atoms with Gasteiger partial charge in [0.2, 0.25) is 11.7 Å². The maximum absolute atomic E-state index is 12.5. The molecule has 0 spiro atoms. The Hall–Kier alpha value is -4.34. The summed E-state index contributed by atoms with van der Waals surface area (Å²) in [5, 5.41) is 4.02. The highest BCUT2D eigenvalue weighted by molar-refractivity contribution is 5.62. The van der Waals surface area contributed by atoms with Gasteiger partial charge in [-0.2, -0.15) is 4.98 Å². The van der Waals surface area contributed by atoms with Gasteiger partial charge in [0.25, 0.3) is 5.56 Å². The Bertz CT molecular complexity index is 1340. The third-order valence-electron chi connectivity index (χ3n) is 5.04. The van der Waals surface area contributed by atoms with Crippen molar-refractivity contribution in [1.29, 1.82) is 0 Å². The van der Waals surface area contributed by atoms with E-state index in [1.807, 2.05) is 61.5 Å². The van der Waals surface area contributed by atoms with Gasteiger partial charge in [0.1, 0.15) is 17.3 Å². The van der Waals surface area contributed by atoms with E-state index < -0.39 is 11.2 Å². The van der Waals surface area contributed by atoms with Crippen molar-refractivity contribution >= 4 is 11.5 Å². The second kappa shape index (κ2) is 9.43. The Morgan fingerprint density at radius 2 is 1.85 bits per heavy atom. The molecule has 0 saturated carbocycles. The molecule has 0 saturated heterocycles. The first-order chi connectivity index (χ1) is 16.0. The molecule has 0 radical (unpaired) electrons. The van der Waals surface area contributed by atoms with Gasteiger partial charge in [-0.15, -0.1) is 0 Å². The summed E-state index contributed by atoms with van der Waals surface area (Å²) in [7, 11) is 1.67. The molecule has 2 heterocycles. The average molecular weight is 448 g/mol. The summed E-state index contributed by atoms with van der Waals surface area (Å²) in [6, 6.07) is 16.7. The van der Waals surface area contributed by atoms with Crippen LogP contribution < -0.4 is 26.6 Å². The normalized spacial score (nSPS) is 10.8. The molecule has 0 atom stereocenters. The highest BCUT2D eigenvalue weighted by atomic mass is 16.5. The standard InChI is InChI=1S/C23H24N6O4/c1-3-32-17-11-9-16(10-12-17)21-25-18(33-27-21)14-28(2)19-20(24)29(23(31)26-22(19)30)13-15-7-5-4-6-8-15/h4-12H,3,13-14,24H2,1-2H3,(H,26,30,31). The van der Waals surface area contributed by atoms with Crippen molar-refractivity contribution in [1.82, 2.24) is 19.7 Å². The minimum atomic E-state index is -0.587. The van der Waals surface area contributed by atoms with Gasteiger partial charge in [0.05, 0.1) is 19.7 Å². The zero-order chi connectivity index (χ0) is 23.4. The van der Waals surface area contributed by atoms with Gasteiger partial charge >= 0.3 is 5.69 Å². The van der Waals surface area contributed by atoms with Crippen molar-refractivity contribution in [3.8, 4) is 17.1 Å². The fraction of sp³-hybridized carbons (Fsp3) is 0.217. The third kappa shape index (κ3) is 4.79. The maximum Gasteiger partial charge on any atom is 0.330 e. The zero-order valence-corrected chi connectivity index (χ0v) is 18.3. The first kappa shape index (κ1) is 21.9. The van der Waals surface area contributed by atoms with E-state index in [1.165, 1.54) is 4.57 Å². The van der Waals surface area contributed by atoms with E-state index in [-0.39, 0.29) is 24.6 Å². The zero-order valence-electron chi connectivity index (χ0n) is 18.3. The van der Waals surface area contributed by atoms with E-state index in [0.29, 0.717) is 18.3 Å². The van der Waals surface area contributed by atoms with Crippen molar-refractivity contribution in [2.24, 2.45) is 0 Å². The number of ether oxygens (including phenoxy) is 1. The van der Waals surface area contributed by atoms with E-state index in [2.05, 4.69) is 15.1 Å². The molecule has 0 fully saturated rings. The Labute approximate surface area is 189 Å². The number of anilines is 2. The van der Waals surface area contributed by atoms with Crippen LogP contribution in [0, 0.1) is 0 Å². The molecule has 0 aliphatic carbocycles. The molecule has 4 aromatic rings. The van der Waals surface area contributed by atoms with Crippen molar-refractivity contribution in [3.05, 3.63) is 86.9 Å². The van der Waals surface area contributed by atoms with E-state index >= 15 is 0 Å². The number of nitrogens with zero attached hydrogens (tertiary/aromatic N) is 4. The second-order valence-corrected chi connectivity index (χ2v) is 7.39. The number of hydrogen-bond donors (Lipinski definition) is 2. The van der Waals surface area contributed by atoms with Gasteiger partial charge in [-0.05, 0) is 36.8 Å². The lowest BCUT2D eigenvalue weighted by atomic mass is 10.2. The molecule has 3 N–H and O–H groups in total. The van der Waals surface area contributed by atoms with E-state index in [1.54, 1.807) is 11.9 Å². The third-order valence-corrected chi connectivity index (χ3v) is 5.04. The molecular weight excluding hydrogens is 424 g/mol. The molecular formula is C23H24N6O4. The molecule has 10 nitrogen and oxygen atoms in total. The lowest BCUT2D eigenvalue weighted by Gasteiger charge is -2.20. The van der Waals surface area contributed by atoms with Crippen molar-refractivity contribution in [2.75, 3.05) is 24.3 Å². The van der Waals surface area contributed by atoms with Gasteiger partial charge in [-0.1, -0.05) is 35.5 Å². The average Bonchev–Trinajstić information content (AvgIpc) is 3.26. The maximum atomic E-state index is 12.5. The second-order valence-electron chi connectivity index (χ2n) is 7.39. The van der Waals surface area contributed by atoms with E-state index in [4.69, 9.17) is 15.0 Å². The molecule has 2 aromatic carbocycles. The van der Waals surface area contributed by atoms with Crippen LogP contribution in [0.5, 0.6) is 5.75 Å². The fourth-order valence-corrected chi connectivity index (χ4v) is 3.45. The van der Waals surface area contributed by atoms with Gasteiger partial charge in [-0.3, -0.25) is 14.3 Å². The molecule has 2 aromatic heterocycles. The lowest BCUT2D eigenvalue weighted by molar-refractivity contribution is 0.340. The van der Waals surface area contributed by atoms with E-state index in [9.17, 15) is 9.59 Å². The number of H-pyrrole nitrogens is 1. The molecule has 0 aliphatic heterocycles. The number of nitrogen functional groups attached to an aromatic ring is 1. The first-order valence-corrected chi connectivity index (χ1v) is 10.4. The van der Waals surface area contributed by atoms with Crippen LogP contribution >= 0.6 is 0 Å². The monoisotopic (exact) mass is 448 g/mol. The van der Waals surface area contributed by atoms with Crippen LogP contribution in [0.15, 0.2) is 68.7 Å². The molecule has 33 heavy (non-hydrogen) atoms. The van der Waals surface area contributed by atoms with Crippen molar-refractivity contribution in [2.45, 2.75) is 20.0 Å². The summed E-state index contributed by atoms with van der Waals surface area (Å²) in [5.74, 6) is 1.52. The quantitative estimate of drug-likeness (QED) is 0.419. The topological polar surface area (TPSA) is 132 Å². The molecule has 10 heteroatoms. The molecule has 0 amide bonds. The number of aromatic nitrogens is 4. The number of nitrogens with one attached hydrogen (secondary N) is 1. The highest BCUT2D eigenvalue weighted by Gasteiger charge is 2.19. The Kier molecular flexibility index (Phi) is 6.25. The van der Waals surface area contributed by atoms with Gasteiger partial charge < -0.3 is 19.9 Å². The number of aromatic amines is 1. The van der Waals surface area contributed by atoms with Crippen LogP contribution in [0.25, 0.3) is 11.4 Å². The number of nitrogens with two attached hydrogens (primary N) is 1. The number of hydrogen-bond acceptors (Lipinski definition) is 8. The molecule has 4 rings (SSSR count). The summed E-state index contributed by atoms with van der Waals surface area (Å²) in [6.45, 7) is 2.85. The van der Waals surface area contributed by atoms with Crippen LogP contribution in [0.1, 0.15) is 18.4 Å². The van der Waals surface area contributed by atoms with Gasteiger partial charge in [-0.25, -0.2) is 4.79 Å². The predicted molar refractivity (Wildman–Crippen MR) is 124 cm³/mol. The smallest absolute Gasteiger partial charge is 0.330 e. The minimum Gasteiger partial charge on any atom is -0.494 e. The summed E-state index contributed by atoms with van der Waals surface area (Å²) < 4.78 is 12.1.